The van der Waals surface area contributed by atoms with Crippen molar-refractivity contribution in [2.24, 2.45) is 0 Å². The second-order valence-corrected chi connectivity index (χ2v) is 3.39. The number of benzene rings is 1. The number of rotatable bonds is 5. The Bertz CT molecular complexity index is 341. The number of nitro benzene ring substituents is 1. The maximum absolute atomic E-state index is 10.6. The molecule has 5 heteroatoms. The van der Waals surface area contributed by atoms with Gasteiger partial charge in [0, 0.05) is 18.7 Å². The van der Waals surface area contributed by atoms with E-state index in [2.05, 4.69) is 18.7 Å². The van der Waals surface area contributed by atoms with Crippen LogP contribution >= 0.6 is 12.4 Å². The molecular weight excluding hydrogens is 228 g/mol. The van der Waals surface area contributed by atoms with Crippen LogP contribution in [-0.4, -0.2) is 22.9 Å². The largest absolute Gasteiger partial charge is 0.300 e. The van der Waals surface area contributed by atoms with Crippen LogP contribution in [0.3, 0.4) is 0 Å². The Kier molecular flexibility index (Phi) is 6.69. The van der Waals surface area contributed by atoms with Gasteiger partial charge in [-0.25, -0.2) is 0 Å². The van der Waals surface area contributed by atoms with Crippen molar-refractivity contribution in [1.29, 1.82) is 0 Å². The zero-order valence-electron chi connectivity index (χ0n) is 9.55. The van der Waals surface area contributed by atoms with E-state index in [1.165, 1.54) is 6.07 Å². The van der Waals surface area contributed by atoms with Gasteiger partial charge < -0.3 is 0 Å². The molecule has 0 aliphatic carbocycles. The van der Waals surface area contributed by atoms with Crippen molar-refractivity contribution < 1.29 is 4.92 Å². The van der Waals surface area contributed by atoms with E-state index in [4.69, 9.17) is 0 Å². The van der Waals surface area contributed by atoms with Crippen LogP contribution in [0.2, 0.25) is 0 Å². The summed E-state index contributed by atoms with van der Waals surface area (Å²) in [7, 11) is 0. The fourth-order valence-corrected chi connectivity index (χ4v) is 1.47. The summed E-state index contributed by atoms with van der Waals surface area (Å²) in [5.41, 5.74) is 1.16. The fraction of sp³-hybridized carbons (Fsp3) is 0.455. The van der Waals surface area contributed by atoms with Crippen LogP contribution in [0, 0.1) is 10.1 Å². The molecule has 0 aliphatic heterocycles. The molecule has 4 nitrogen and oxygen atoms in total. The molecule has 0 spiro atoms. The Morgan fingerprint density at radius 1 is 1.31 bits per heavy atom. The predicted octanol–water partition coefficient (Wildman–Crippen LogP) is 2.86. The van der Waals surface area contributed by atoms with Crippen LogP contribution in [0.4, 0.5) is 5.69 Å². The van der Waals surface area contributed by atoms with Crippen LogP contribution in [0.25, 0.3) is 0 Å². The normalized spacial score (nSPS) is 9.94. The number of nitro groups is 1. The Balaban J connectivity index is 0.00000225. The van der Waals surface area contributed by atoms with E-state index in [9.17, 15) is 10.1 Å². The molecule has 1 aromatic rings. The molecule has 0 aromatic heterocycles. The predicted molar refractivity (Wildman–Crippen MR) is 67.0 cm³/mol. The summed E-state index contributed by atoms with van der Waals surface area (Å²) in [5, 5.41) is 10.6. The zero-order valence-corrected chi connectivity index (χ0v) is 10.4. The van der Waals surface area contributed by atoms with Gasteiger partial charge in [-0.2, -0.15) is 0 Å². The molecule has 0 radical (unpaired) electrons. The monoisotopic (exact) mass is 244 g/mol. The molecule has 90 valence electrons. The van der Waals surface area contributed by atoms with Gasteiger partial charge in [-0.1, -0.05) is 26.0 Å². The molecule has 0 saturated heterocycles. The van der Waals surface area contributed by atoms with Gasteiger partial charge in [0.15, 0.2) is 0 Å². The summed E-state index contributed by atoms with van der Waals surface area (Å²) in [6, 6.07) is 6.81. The number of nitrogens with zero attached hydrogens (tertiary/aromatic N) is 2. The lowest BCUT2D eigenvalue weighted by molar-refractivity contribution is -0.384. The van der Waals surface area contributed by atoms with E-state index in [-0.39, 0.29) is 23.0 Å². The average molecular weight is 245 g/mol. The van der Waals surface area contributed by atoms with Gasteiger partial charge >= 0.3 is 0 Å². The van der Waals surface area contributed by atoms with Crippen LogP contribution in [0.1, 0.15) is 19.4 Å². The SMILES string of the molecule is CCN(CC)Cc1cccc([N+](=O)[O-])c1.Cl. The van der Waals surface area contributed by atoms with Crippen molar-refractivity contribution in [3.05, 3.63) is 39.9 Å². The summed E-state index contributed by atoms with van der Waals surface area (Å²) in [6.45, 7) is 6.86. The van der Waals surface area contributed by atoms with Crippen molar-refractivity contribution in [1.82, 2.24) is 4.90 Å². The molecule has 0 saturated carbocycles. The first-order valence-electron chi connectivity index (χ1n) is 5.13. The van der Waals surface area contributed by atoms with Gasteiger partial charge in [0.25, 0.3) is 5.69 Å². The quantitative estimate of drug-likeness (QED) is 0.591. The van der Waals surface area contributed by atoms with Gasteiger partial charge in [-0.3, -0.25) is 15.0 Å². The van der Waals surface area contributed by atoms with Crippen LogP contribution in [0.15, 0.2) is 24.3 Å². The van der Waals surface area contributed by atoms with Crippen LogP contribution in [-0.2, 0) is 6.54 Å². The van der Waals surface area contributed by atoms with E-state index in [1.807, 2.05) is 6.07 Å². The number of hydrogen-bond donors (Lipinski definition) is 0. The first kappa shape index (κ1) is 14.9. The fourth-order valence-electron chi connectivity index (χ4n) is 1.47. The molecule has 0 heterocycles. The van der Waals surface area contributed by atoms with Gasteiger partial charge in [0.05, 0.1) is 4.92 Å². The maximum Gasteiger partial charge on any atom is 0.269 e. The molecular formula is C11H17ClN2O2. The summed E-state index contributed by atoms with van der Waals surface area (Å²) < 4.78 is 0. The van der Waals surface area contributed by atoms with Crippen molar-refractivity contribution in [2.75, 3.05) is 13.1 Å². The highest BCUT2D eigenvalue weighted by molar-refractivity contribution is 5.85. The molecule has 0 unspecified atom stereocenters. The molecule has 0 bridgehead atoms. The number of non-ortho nitro benzene ring substituents is 1. The first-order valence-corrected chi connectivity index (χ1v) is 5.13. The standard InChI is InChI=1S/C11H16N2O2.ClH/c1-3-12(4-2)9-10-6-5-7-11(8-10)13(14)15;/h5-8H,3-4,9H2,1-2H3;1H. The van der Waals surface area contributed by atoms with Crippen molar-refractivity contribution >= 4 is 18.1 Å². The summed E-state index contributed by atoms with van der Waals surface area (Å²) in [5.74, 6) is 0. The molecule has 1 aromatic carbocycles. The zero-order chi connectivity index (χ0) is 11.3. The molecule has 1 rings (SSSR count). The third-order valence-electron chi connectivity index (χ3n) is 2.42. The van der Waals surface area contributed by atoms with E-state index >= 15 is 0 Å². The molecule has 16 heavy (non-hydrogen) atoms. The van der Waals surface area contributed by atoms with Crippen molar-refractivity contribution in [3.8, 4) is 0 Å². The van der Waals surface area contributed by atoms with Crippen molar-refractivity contribution in [3.63, 3.8) is 0 Å². The molecule has 0 fully saturated rings. The van der Waals surface area contributed by atoms with Gasteiger partial charge in [-0.15, -0.1) is 12.4 Å². The molecule has 0 amide bonds. The van der Waals surface area contributed by atoms with Gasteiger partial charge in [-0.05, 0) is 18.7 Å². The van der Waals surface area contributed by atoms with Crippen LogP contribution in [0.5, 0.6) is 0 Å². The summed E-state index contributed by atoms with van der Waals surface area (Å²) in [6.07, 6.45) is 0. The minimum atomic E-state index is -0.355. The third-order valence-corrected chi connectivity index (χ3v) is 2.42. The van der Waals surface area contributed by atoms with Gasteiger partial charge in [0.1, 0.15) is 0 Å². The Morgan fingerprint density at radius 2 is 1.94 bits per heavy atom. The molecule has 0 aliphatic rings. The van der Waals surface area contributed by atoms with E-state index in [1.54, 1.807) is 12.1 Å². The smallest absolute Gasteiger partial charge is 0.269 e. The van der Waals surface area contributed by atoms with E-state index in [0.717, 1.165) is 25.2 Å². The Morgan fingerprint density at radius 3 is 2.44 bits per heavy atom. The van der Waals surface area contributed by atoms with Crippen LogP contribution < -0.4 is 0 Å². The third kappa shape index (κ3) is 4.16. The lowest BCUT2D eigenvalue weighted by Crippen LogP contribution is -2.22. The highest BCUT2D eigenvalue weighted by atomic mass is 35.5. The summed E-state index contributed by atoms with van der Waals surface area (Å²) in [4.78, 5) is 12.4. The first-order chi connectivity index (χ1) is 7.17. The van der Waals surface area contributed by atoms with E-state index < -0.39 is 0 Å². The topological polar surface area (TPSA) is 46.4 Å². The lowest BCUT2D eigenvalue weighted by Gasteiger charge is -2.17. The van der Waals surface area contributed by atoms with Crippen molar-refractivity contribution in [2.45, 2.75) is 20.4 Å². The maximum atomic E-state index is 10.6. The number of halogens is 1. The highest BCUT2D eigenvalue weighted by Gasteiger charge is 2.07. The van der Waals surface area contributed by atoms with Gasteiger partial charge in [0.2, 0.25) is 0 Å². The average Bonchev–Trinajstić information content (AvgIpc) is 2.26. The minimum Gasteiger partial charge on any atom is -0.300 e. The molecule has 0 N–H and O–H groups in total. The Labute approximate surface area is 102 Å². The van der Waals surface area contributed by atoms with E-state index in [0.29, 0.717) is 0 Å². The summed E-state index contributed by atoms with van der Waals surface area (Å²) >= 11 is 0. The Hall–Kier alpha value is -1.13. The lowest BCUT2D eigenvalue weighted by atomic mass is 10.2. The minimum absolute atomic E-state index is 0. The second-order valence-electron chi connectivity index (χ2n) is 3.39. The number of hydrogen-bond acceptors (Lipinski definition) is 3. The molecule has 0 atom stereocenters. The highest BCUT2D eigenvalue weighted by Crippen LogP contribution is 2.14. The second kappa shape index (κ2) is 7.19.